The average Bonchev–Trinajstić information content (AvgIpc) is 2.93. The summed E-state index contributed by atoms with van der Waals surface area (Å²) in [7, 11) is -1.39. The number of aliphatic imine (C=N–C) groups is 1. The Morgan fingerprint density at radius 1 is 1.32 bits per heavy atom. The predicted molar refractivity (Wildman–Crippen MR) is 111 cm³/mol. The Morgan fingerprint density at radius 2 is 2.04 bits per heavy atom. The molecule has 1 saturated heterocycles. The number of nitrogens with zero attached hydrogens (tertiary/aromatic N) is 2. The molecule has 2 rings (SSSR count). The molecule has 1 aliphatic rings. The molecule has 9 heteroatoms. The molecule has 3 N–H and O–H groups in total. The number of aliphatic hydroxyl groups is 1. The van der Waals surface area contributed by atoms with Crippen LogP contribution in [0.2, 0.25) is 0 Å². The number of sulfonamides is 1. The van der Waals surface area contributed by atoms with Crippen molar-refractivity contribution in [3.8, 4) is 0 Å². The highest BCUT2D eigenvalue weighted by Gasteiger charge is 2.27. The topological polar surface area (TPSA) is 94.0 Å². The average molecular weight is 482 g/mol. The lowest BCUT2D eigenvalue weighted by Gasteiger charge is -2.19. The standard InChI is InChI=1S/C16H26N4O3S.HI/c1-17-16(18-8-10-20-9-5-11-24(20,22)23)19-12-15(13-21)14-6-3-2-4-7-14;/h2-4,6-7,15,21H,5,8-13H2,1H3,(H2,17,18,19);1H. The molecule has 1 heterocycles. The monoisotopic (exact) mass is 482 g/mol. The smallest absolute Gasteiger partial charge is 0.214 e. The van der Waals surface area contributed by atoms with Crippen LogP contribution in [0.5, 0.6) is 0 Å². The number of guanidine groups is 1. The fourth-order valence-electron chi connectivity index (χ4n) is 2.69. The largest absolute Gasteiger partial charge is 0.396 e. The Morgan fingerprint density at radius 3 is 2.60 bits per heavy atom. The van der Waals surface area contributed by atoms with Gasteiger partial charge in [0.2, 0.25) is 10.0 Å². The van der Waals surface area contributed by atoms with Gasteiger partial charge in [-0.15, -0.1) is 24.0 Å². The van der Waals surface area contributed by atoms with Crippen LogP contribution in [0, 0.1) is 0 Å². The highest BCUT2D eigenvalue weighted by Crippen LogP contribution is 2.13. The fourth-order valence-corrected chi connectivity index (χ4v) is 4.22. The van der Waals surface area contributed by atoms with E-state index in [0.29, 0.717) is 38.6 Å². The van der Waals surface area contributed by atoms with Crippen LogP contribution in [0.25, 0.3) is 0 Å². The van der Waals surface area contributed by atoms with Crippen LogP contribution in [0.4, 0.5) is 0 Å². The van der Waals surface area contributed by atoms with Gasteiger partial charge in [-0.05, 0) is 12.0 Å². The molecule has 1 fully saturated rings. The van der Waals surface area contributed by atoms with Crippen LogP contribution in [0.1, 0.15) is 17.9 Å². The van der Waals surface area contributed by atoms with Gasteiger partial charge in [0.1, 0.15) is 0 Å². The van der Waals surface area contributed by atoms with Crippen molar-refractivity contribution in [1.29, 1.82) is 0 Å². The van der Waals surface area contributed by atoms with Gasteiger partial charge in [-0.1, -0.05) is 30.3 Å². The van der Waals surface area contributed by atoms with Crippen LogP contribution < -0.4 is 10.6 Å². The first-order valence-corrected chi connectivity index (χ1v) is 9.76. The molecule has 0 radical (unpaired) electrons. The first-order chi connectivity index (χ1) is 11.6. The number of hydrogen-bond donors (Lipinski definition) is 3. The summed E-state index contributed by atoms with van der Waals surface area (Å²) in [6.45, 7) is 2.11. The number of rotatable bonds is 7. The zero-order valence-corrected chi connectivity index (χ0v) is 17.5. The van der Waals surface area contributed by atoms with Crippen LogP contribution in [-0.4, -0.2) is 69.4 Å². The normalized spacial score (nSPS) is 18.4. The van der Waals surface area contributed by atoms with Crippen molar-refractivity contribution < 1.29 is 13.5 Å². The maximum Gasteiger partial charge on any atom is 0.214 e. The zero-order valence-electron chi connectivity index (χ0n) is 14.4. The molecule has 1 aromatic carbocycles. The Labute approximate surface area is 167 Å². The maximum absolute atomic E-state index is 11.7. The molecule has 0 amide bonds. The molecule has 0 saturated carbocycles. The number of benzene rings is 1. The third-order valence-electron chi connectivity index (χ3n) is 4.09. The lowest BCUT2D eigenvalue weighted by Crippen LogP contribution is -2.43. The Bertz CT molecular complexity index is 640. The van der Waals surface area contributed by atoms with Crippen molar-refractivity contribution >= 4 is 40.0 Å². The number of hydrogen-bond acceptors (Lipinski definition) is 4. The molecule has 142 valence electrons. The molecule has 25 heavy (non-hydrogen) atoms. The Balaban J connectivity index is 0.00000312. The second-order valence-electron chi connectivity index (χ2n) is 5.74. The van der Waals surface area contributed by atoms with Gasteiger partial charge in [-0.2, -0.15) is 0 Å². The lowest BCUT2D eigenvalue weighted by atomic mass is 10.0. The molecule has 0 aromatic heterocycles. The van der Waals surface area contributed by atoms with Crippen LogP contribution in [0.3, 0.4) is 0 Å². The van der Waals surface area contributed by atoms with Gasteiger partial charge in [0, 0.05) is 39.1 Å². The van der Waals surface area contributed by atoms with E-state index < -0.39 is 10.0 Å². The predicted octanol–water partition coefficient (Wildman–Crippen LogP) is 0.581. The third kappa shape index (κ3) is 6.72. The summed E-state index contributed by atoms with van der Waals surface area (Å²) in [4.78, 5) is 4.13. The maximum atomic E-state index is 11.7. The first kappa shape index (κ1) is 22.1. The minimum Gasteiger partial charge on any atom is -0.396 e. The Kier molecular flexibility index (Phi) is 9.69. The summed E-state index contributed by atoms with van der Waals surface area (Å²) in [5.74, 6) is 0.819. The van der Waals surface area contributed by atoms with Crippen LogP contribution in [-0.2, 0) is 10.0 Å². The van der Waals surface area contributed by atoms with Gasteiger partial charge in [0.05, 0.1) is 12.4 Å². The molecule has 7 nitrogen and oxygen atoms in total. The molecule has 0 spiro atoms. The van der Waals surface area contributed by atoms with Crippen LogP contribution in [0.15, 0.2) is 35.3 Å². The van der Waals surface area contributed by atoms with E-state index in [4.69, 9.17) is 0 Å². The molecule has 0 bridgehead atoms. The van der Waals surface area contributed by atoms with Gasteiger partial charge >= 0.3 is 0 Å². The van der Waals surface area contributed by atoms with Gasteiger partial charge < -0.3 is 15.7 Å². The highest BCUT2D eigenvalue weighted by atomic mass is 127. The molecule has 1 aliphatic heterocycles. The van der Waals surface area contributed by atoms with Crippen LogP contribution >= 0.6 is 24.0 Å². The molecular weight excluding hydrogens is 455 g/mol. The van der Waals surface area contributed by atoms with E-state index in [-0.39, 0.29) is 42.3 Å². The molecular formula is C16H27IN4O3S. The summed E-state index contributed by atoms with van der Waals surface area (Å²) >= 11 is 0. The highest BCUT2D eigenvalue weighted by molar-refractivity contribution is 14.0. The third-order valence-corrected chi connectivity index (χ3v) is 6.04. The molecule has 0 aliphatic carbocycles. The minimum atomic E-state index is -3.06. The van der Waals surface area contributed by atoms with E-state index in [1.807, 2.05) is 30.3 Å². The zero-order chi connectivity index (χ0) is 17.4. The van der Waals surface area contributed by atoms with E-state index in [1.165, 1.54) is 4.31 Å². The molecule has 1 unspecified atom stereocenters. The van der Waals surface area contributed by atoms with Crippen molar-refractivity contribution in [2.45, 2.75) is 12.3 Å². The minimum absolute atomic E-state index is 0. The second-order valence-corrected chi connectivity index (χ2v) is 7.83. The van der Waals surface area contributed by atoms with E-state index in [0.717, 1.165) is 5.56 Å². The summed E-state index contributed by atoms with van der Waals surface area (Å²) in [5.41, 5.74) is 1.06. The number of aliphatic hydroxyl groups excluding tert-OH is 1. The van der Waals surface area contributed by atoms with Crippen molar-refractivity contribution in [1.82, 2.24) is 14.9 Å². The lowest BCUT2D eigenvalue weighted by molar-refractivity contribution is 0.265. The molecule has 1 aromatic rings. The van der Waals surface area contributed by atoms with Gasteiger partial charge in [0.25, 0.3) is 0 Å². The van der Waals surface area contributed by atoms with E-state index in [1.54, 1.807) is 7.05 Å². The quantitative estimate of drug-likeness (QED) is 0.301. The summed E-state index contributed by atoms with van der Waals surface area (Å²) in [6.07, 6.45) is 0.699. The summed E-state index contributed by atoms with van der Waals surface area (Å²) in [6, 6.07) is 9.80. The SMILES string of the molecule is CN=C(NCCN1CCCS1(=O)=O)NCC(CO)c1ccccc1.I. The van der Waals surface area contributed by atoms with Gasteiger partial charge in [-0.3, -0.25) is 4.99 Å². The van der Waals surface area contributed by atoms with E-state index >= 15 is 0 Å². The van der Waals surface area contributed by atoms with Crippen molar-refractivity contribution in [3.05, 3.63) is 35.9 Å². The first-order valence-electron chi connectivity index (χ1n) is 8.15. The van der Waals surface area contributed by atoms with Gasteiger partial charge in [0.15, 0.2) is 5.96 Å². The van der Waals surface area contributed by atoms with Crippen molar-refractivity contribution in [3.63, 3.8) is 0 Å². The van der Waals surface area contributed by atoms with E-state index in [9.17, 15) is 13.5 Å². The fraction of sp³-hybridized carbons (Fsp3) is 0.562. The molecule has 1 atom stereocenters. The number of halogens is 1. The summed E-state index contributed by atoms with van der Waals surface area (Å²) < 4.78 is 25.0. The van der Waals surface area contributed by atoms with Crippen molar-refractivity contribution in [2.24, 2.45) is 4.99 Å². The summed E-state index contributed by atoms with van der Waals surface area (Å²) in [5, 5.41) is 15.9. The second kappa shape index (κ2) is 10.9. The van der Waals surface area contributed by atoms with Crippen molar-refractivity contribution in [2.75, 3.05) is 45.6 Å². The Hall–Kier alpha value is -0.910. The number of nitrogens with one attached hydrogen (secondary N) is 2. The van der Waals surface area contributed by atoms with Gasteiger partial charge in [-0.25, -0.2) is 12.7 Å². The van der Waals surface area contributed by atoms with E-state index in [2.05, 4.69) is 15.6 Å².